The monoisotopic (exact) mass is 405 g/mol. The van der Waals surface area contributed by atoms with Gasteiger partial charge < -0.3 is 19.9 Å². The van der Waals surface area contributed by atoms with Gasteiger partial charge >= 0.3 is 0 Å². The Labute approximate surface area is 176 Å². The van der Waals surface area contributed by atoms with Crippen LogP contribution in [0.4, 0.5) is 0 Å². The highest BCUT2D eigenvalue weighted by molar-refractivity contribution is 5.82. The van der Waals surface area contributed by atoms with E-state index in [2.05, 4.69) is 10.6 Å². The van der Waals surface area contributed by atoms with Gasteiger partial charge in [0.15, 0.2) is 0 Å². The van der Waals surface area contributed by atoms with E-state index in [9.17, 15) is 9.59 Å². The molecule has 30 heavy (non-hydrogen) atoms. The quantitative estimate of drug-likeness (QED) is 0.655. The molecular formula is C24H27N3O3. The van der Waals surface area contributed by atoms with Crippen molar-refractivity contribution in [1.82, 2.24) is 9.47 Å². The van der Waals surface area contributed by atoms with Crippen molar-refractivity contribution in [2.75, 3.05) is 13.1 Å². The Balaban J connectivity index is 1.36. The minimum Gasteiger partial charge on any atom is -0.489 e. The molecule has 0 radical (unpaired) electrons. The van der Waals surface area contributed by atoms with Gasteiger partial charge in [-0.2, -0.15) is 0 Å². The number of fused-ring (bicyclic) bond motifs is 1. The number of piperidine rings is 1. The molecule has 1 aliphatic rings. The number of primary amides is 1. The number of rotatable bonds is 7. The maximum Gasteiger partial charge on any atom is 0.224 e. The van der Waals surface area contributed by atoms with Crippen molar-refractivity contribution in [2.24, 2.45) is 11.7 Å². The van der Waals surface area contributed by atoms with Crippen LogP contribution >= 0.6 is 0 Å². The number of aryl methyl sites for hydroxylation is 1. The lowest BCUT2D eigenvalue weighted by molar-refractivity contribution is -0.135. The van der Waals surface area contributed by atoms with E-state index >= 15 is 0 Å². The van der Waals surface area contributed by atoms with Gasteiger partial charge in [-0.05, 0) is 42.0 Å². The van der Waals surface area contributed by atoms with Gasteiger partial charge in [0, 0.05) is 44.2 Å². The van der Waals surface area contributed by atoms with Crippen molar-refractivity contribution < 1.29 is 14.3 Å². The zero-order valence-electron chi connectivity index (χ0n) is 17.0. The van der Waals surface area contributed by atoms with Crippen LogP contribution < -0.4 is 10.5 Å². The maximum atomic E-state index is 12.6. The van der Waals surface area contributed by atoms with E-state index in [0.29, 0.717) is 45.5 Å². The number of likely N-dealkylation sites (tertiary alicyclic amines) is 1. The Morgan fingerprint density at radius 3 is 2.53 bits per heavy atom. The second-order valence-electron chi connectivity index (χ2n) is 7.81. The lowest BCUT2D eigenvalue weighted by atomic mass is 9.96. The second kappa shape index (κ2) is 9.03. The van der Waals surface area contributed by atoms with E-state index in [0.717, 1.165) is 22.2 Å². The van der Waals surface area contributed by atoms with Crippen LogP contribution in [0.3, 0.4) is 0 Å². The summed E-state index contributed by atoms with van der Waals surface area (Å²) in [5.74, 6) is 0.574. The van der Waals surface area contributed by atoms with E-state index in [4.69, 9.17) is 10.5 Å². The van der Waals surface area contributed by atoms with Gasteiger partial charge in [0.1, 0.15) is 12.4 Å². The molecular weight excluding hydrogens is 378 g/mol. The standard InChI is InChI=1S/C24H27N3O3/c25-24(29)20-9-13-27(14-10-20)23(28)11-15-26-12-8-19-6-7-21(16-22(19)26)30-17-18-4-2-1-3-5-18/h1-8,12,16,20H,9-11,13-15,17H2,(H2,25,29). The highest BCUT2D eigenvalue weighted by atomic mass is 16.5. The molecule has 3 aromatic rings. The van der Waals surface area contributed by atoms with Gasteiger partial charge in [-0.15, -0.1) is 0 Å². The molecule has 6 heteroatoms. The van der Waals surface area contributed by atoms with Crippen molar-refractivity contribution in [2.45, 2.75) is 32.4 Å². The third kappa shape index (κ3) is 4.64. The summed E-state index contributed by atoms with van der Waals surface area (Å²) in [6, 6.07) is 18.2. The van der Waals surface area contributed by atoms with E-state index in [-0.39, 0.29) is 17.7 Å². The summed E-state index contributed by atoms with van der Waals surface area (Å²) in [7, 11) is 0. The predicted molar refractivity (Wildman–Crippen MR) is 116 cm³/mol. The van der Waals surface area contributed by atoms with Gasteiger partial charge in [-0.1, -0.05) is 30.3 Å². The number of aromatic nitrogens is 1. The highest BCUT2D eigenvalue weighted by Crippen LogP contribution is 2.24. The van der Waals surface area contributed by atoms with Crippen molar-refractivity contribution in [3.63, 3.8) is 0 Å². The topological polar surface area (TPSA) is 77.6 Å². The number of nitrogens with zero attached hydrogens (tertiary/aromatic N) is 2. The Morgan fingerprint density at radius 1 is 1.03 bits per heavy atom. The first-order chi connectivity index (χ1) is 14.6. The number of ether oxygens (including phenoxy) is 1. The molecule has 0 unspecified atom stereocenters. The SMILES string of the molecule is NC(=O)C1CCN(C(=O)CCn2ccc3ccc(OCc4ccccc4)cc32)CC1. The summed E-state index contributed by atoms with van der Waals surface area (Å²) >= 11 is 0. The number of benzene rings is 2. The average molecular weight is 405 g/mol. The number of nitrogens with two attached hydrogens (primary N) is 1. The molecule has 0 atom stereocenters. The molecule has 156 valence electrons. The lowest BCUT2D eigenvalue weighted by Crippen LogP contribution is -2.41. The van der Waals surface area contributed by atoms with Crippen LogP contribution in [0.5, 0.6) is 5.75 Å². The molecule has 4 rings (SSSR count). The van der Waals surface area contributed by atoms with Crippen LogP contribution in [-0.2, 0) is 22.7 Å². The molecule has 2 aromatic carbocycles. The molecule has 2 N–H and O–H groups in total. The van der Waals surface area contributed by atoms with Crippen molar-refractivity contribution >= 4 is 22.7 Å². The number of hydrogen-bond donors (Lipinski definition) is 1. The Morgan fingerprint density at radius 2 is 1.80 bits per heavy atom. The Kier molecular flexibility index (Phi) is 6.02. The Hall–Kier alpha value is -3.28. The first kappa shape index (κ1) is 20.0. The molecule has 1 fully saturated rings. The fourth-order valence-electron chi connectivity index (χ4n) is 3.98. The molecule has 0 aliphatic carbocycles. The molecule has 0 spiro atoms. The van der Waals surface area contributed by atoms with Crippen molar-refractivity contribution in [1.29, 1.82) is 0 Å². The van der Waals surface area contributed by atoms with E-state index in [1.165, 1.54) is 0 Å². The molecule has 2 amide bonds. The summed E-state index contributed by atoms with van der Waals surface area (Å²) in [5.41, 5.74) is 7.56. The zero-order chi connectivity index (χ0) is 20.9. The highest BCUT2D eigenvalue weighted by Gasteiger charge is 2.25. The smallest absolute Gasteiger partial charge is 0.224 e. The van der Waals surface area contributed by atoms with Gasteiger partial charge in [0.05, 0.1) is 5.52 Å². The molecule has 6 nitrogen and oxygen atoms in total. The number of carbonyl (C=O) groups excluding carboxylic acids is 2. The summed E-state index contributed by atoms with van der Waals surface area (Å²) in [5, 5.41) is 1.12. The first-order valence-corrected chi connectivity index (χ1v) is 10.4. The van der Waals surface area contributed by atoms with Crippen LogP contribution in [0.2, 0.25) is 0 Å². The minimum atomic E-state index is -0.258. The molecule has 0 bridgehead atoms. The van der Waals surface area contributed by atoms with Gasteiger partial charge in [-0.3, -0.25) is 9.59 Å². The predicted octanol–water partition coefficient (Wildman–Crippen LogP) is 3.33. The van der Waals surface area contributed by atoms with E-state index in [1.54, 1.807) is 0 Å². The second-order valence-corrected chi connectivity index (χ2v) is 7.81. The third-order valence-corrected chi connectivity index (χ3v) is 5.81. The van der Waals surface area contributed by atoms with Crippen molar-refractivity contribution in [3.8, 4) is 5.75 Å². The van der Waals surface area contributed by atoms with Crippen LogP contribution in [0.15, 0.2) is 60.8 Å². The fourth-order valence-corrected chi connectivity index (χ4v) is 3.98. The summed E-state index contributed by atoms with van der Waals surface area (Å²) in [6.07, 6.45) is 3.77. The van der Waals surface area contributed by atoms with Crippen LogP contribution in [0, 0.1) is 5.92 Å². The third-order valence-electron chi connectivity index (χ3n) is 5.81. The van der Waals surface area contributed by atoms with E-state index < -0.39 is 0 Å². The van der Waals surface area contributed by atoms with Gasteiger partial charge in [-0.25, -0.2) is 0 Å². The molecule has 0 saturated carbocycles. The molecule has 1 saturated heterocycles. The lowest BCUT2D eigenvalue weighted by Gasteiger charge is -2.30. The normalized spacial score (nSPS) is 14.7. The number of carbonyl (C=O) groups is 2. The molecule has 1 aromatic heterocycles. The Bertz CT molecular complexity index is 1020. The van der Waals surface area contributed by atoms with E-state index in [1.807, 2.05) is 59.6 Å². The zero-order valence-corrected chi connectivity index (χ0v) is 17.0. The average Bonchev–Trinajstić information content (AvgIpc) is 3.19. The fraction of sp³-hybridized carbons (Fsp3) is 0.333. The number of amides is 2. The van der Waals surface area contributed by atoms with Gasteiger partial charge in [0.2, 0.25) is 11.8 Å². The van der Waals surface area contributed by atoms with Crippen LogP contribution in [0.25, 0.3) is 10.9 Å². The largest absolute Gasteiger partial charge is 0.489 e. The minimum absolute atomic E-state index is 0.100. The van der Waals surface area contributed by atoms with Gasteiger partial charge in [0.25, 0.3) is 0 Å². The van der Waals surface area contributed by atoms with Crippen LogP contribution in [-0.4, -0.2) is 34.4 Å². The number of hydrogen-bond acceptors (Lipinski definition) is 3. The summed E-state index contributed by atoms with van der Waals surface area (Å²) < 4.78 is 8.04. The summed E-state index contributed by atoms with van der Waals surface area (Å²) in [4.78, 5) is 25.7. The molecule has 2 heterocycles. The van der Waals surface area contributed by atoms with Crippen LogP contribution in [0.1, 0.15) is 24.8 Å². The first-order valence-electron chi connectivity index (χ1n) is 10.4. The molecule has 1 aliphatic heterocycles. The summed E-state index contributed by atoms with van der Waals surface area (Å²) in [6.45, 7) is 2.35. The van der Waals surface area contributed by atoms with Crippen molar-refractivity contribution in [3.05, 3.63) is 66.4 Å². The maximum absolute atomic E-state index is 12.6.